The Labute approximate surface area is 84.0 Å². The number of pyridine rings is 1. The zero-order chi connectivity index (χ0) is 10.8. The van der Waals surface area contributed by atoms with Crippen LogP contribution in [0.1, 0.15) is 10.4 Å². The number of rotatable bonds is 2. The van der Waals surface area contributed by atoms with Crippen molar-refractivity contribution in [1.82, 2.24) is 4.98 Å². The van der Waals surface area contributed by atoms with Gasteiger partial charge in [0.2, 0.25) is 0 Å². The van der Waals surface area contributed by atoms with Crippen LogP contribution in [0.3, 0.4) is 0 Å². The first-order chi connectivity index (χ1) is 7.18. The summed E-state index contributed by atoms with van der Waals surface area (Å²) in [5.74, 6) is -0.758. The average molecular weight is 205 g/mol. The molecule has 2 aromatic rings. The van der Waals surface area contributed by atoms with Crippen LogP contribution >= 0.6 is 0 Å². The first kappa shape index (κ1) is 9.26. The number of aromatic nitrogens is 1. The van der Waals surface area contributed by atoms with E-state index in [2.05, 4.69) is 4.98 Å². The lowest BCUT2D eigenvalue weighted by molar-refractivity contribution is 0.0695. The van der Waals surface area contributed by atoms with Crippen LogP contribution in [0.15, 0.2) is 39.7 Å². The standard InChI is InChI=1S/C10H7NO4/c12-9-6(10(13)14)3-4-7(11-9)8-2-1-5-15-8/h1-5H,(H,11,12)(H,13,14). The molecule has 5 nitrogen and oxygen atoms in total. The average Bonchev–Trinajstić information content (AvgIpc) is 2.69. The Kier molecular flexibility index (Phi) is 2.13. The van der Waals surface area contributed by atoms with Crippen LogP contribution < -0.4 is 5.56 Å². The number of aromatic amines is 1. The van der Waals surface area contributed by atoms with E-state index in [0.717, 1.165) is 0 Å². The number of hydrogen-bond donors (Lipinski definition) is 2. The number of nitrogens with one attached hydrogen (secondary N) is 1. The molecule has 0 fully saturated rings. The van der Waals surface area contributed by atoms with Crippen LogP contribution in [0.5, 0.6) is 0 Å². The van der Waals surface area contributed by atoms with Crippen molar-refractivity contribution in [3.05, 3.63) is 46.4 Å². The molecule has 0 aliphatic heterocycles. The number of aromatic carboxylic acids is 1. The predicted molar refractivity (Wildman–Crippen MR) is 51.7 cm³/mol. The Bertz CT molecular complexity index is 539. The monoisotopic (exact) mass is 205 g/mol. The highest BCUT2D eigenvalue weighted by atomic mass is 16.4. The van der Waals surface area contributed by atoms with Crippen LogP contribution in [-0.4, -0.2) is 16.1 Å². The fraction of sp³-hybridized carbons (Fsp3) is 0. The molecule has 0 saturated carbocycles. The van der Waals surface area contributed by atoms with Gasteiger partial charge in [-0.1, -0.05) is 0 Å². The van der Waals surface area contributed by atoms with Crippen molar-refractivity contribution in [2.24, 2.45) is 0 Å². The third-order valence-corrected chi connectivity index (χ3v) is 1.93. The lowest BCUT2D eigenvalue weighted by Crippen LogP contribution is -2.17. The van der Waals surface area contributed by atoms with Crippen molar-refractivity contribution in [1.29, 1.82) is 0 Å². The molecule has 0 atom stereocenters. The highest BCUT2D eigenvalue weighted by Gasteiger charge is 2.09. The van der Waals surface area contributed by atoms with Gasteiger partial charge in [-0.3, -0.25) is 4.79 Å². The Hall–Kier alpha value is -2.30. The van der Waals surface area contributed by atoms with E-state index in [1.54, 1.807) is 12.1 Å². The largest absolute Gasteiger partial charge is 0.477 e. The molecule has 2 aromatic heterocycles. The summed E-state index contributed by atoms with van der Waals surface area (Å²) in [6.45, 7) is 0. The molecule has 0 spiro atoms. The molecule has 0 radical (unpaired) electrons. The van der Waals surface area contributed by atoms with Crippen LogP contribution in [0.2, 0.25) is 0 Å². The minimum Gasteiger partial charge on any atom is -0.477 e. The van der Waals surface area contributed by atoms with Gasteiger partial charge in [-0.25, -0.2) is 4.79 Å². The van der Waals surface area contributed by atoms with Gasteiger partial charge in [-0.15, -0.1) is 0 Å². The van der Waals surface area contributed by atoms with Crippen molar-refractivity contribution >= 4 is 5.97 Å². The van der Waals surface area contributed by atoms with Crippen LogP contribution in [0, 0.1) is 0 Å². The molecule has 0 amide bonds. The predicted octanol–water partition coefficient (Wildman–Crippen LogP) is 1.33. The van der Waals surface area contributed by atoms with E-state index >= 15 is 0 Å². The Balaban J connectivity index is 2.52. The summed E-state index contributed by atoms with van der Waals surface area (Å²) < 4.78 is 5.06. The number of carboxylic acid groups (broad SMARTS) is 1. The van der Waals surface area contributed by atoms with Gasteiger partial charge in [0.25, 0.3) is 5.56 Å². The van der Waals surface area contributed by atoms with E-state index in [1.807, 2.05) is 0 Å². The van der Waals surface area contributed by atoms with Gasteiger partial charge in [-0.05, 0) is 24.3 Å². The lowest BCUT2D eigenvalue weighted by Gasteiger charge is -1.97. The molecule has 2 rings (SSSR count). The first-order valence-electron chi connectivity index (χ1n) is 4.19. The van der Waals surface area contributed by atoms with Gasteiger partial charge in [0.1, 0.15) is 11.3 Å². The zero-order valence-corrected chi connectivity index (χ0v) is 7.56. The third-order valence-electron chi connectivity index (χ3n) is 1.93. The summed E-state index contributed by atoms with van der Waals surface area (Å²) in [4.78, 5) is 24.3. The second kappa shape index (κ2) is 3.45. The first-order valence-corrected chi connectivity index (χ1v) is 4.19. The highest BCUT2D eigenvalue weighted by molar-refractivity contribution is 5.87. The van der Waals surface area contributed by atoms with E-state index in [1.165, 1.54) is 18.4 Å². The van der Waals surface area contributed by atoms with Gasteiger partial charge in [0, 0.05) is 0 Å². The summed E-state index contributed by atoms with van der Waals surface area (Å²) >= 11 is 0. The molecule has 2 heterocycles. The highest BCUT2D eigenvalue weighted by Crippen LogP contribution is 2.15. The van der Waals surface area contributed by atoms with E-state index in [-0.39, 0.29) is 5.56 Å². The summed E-state index contributed by atoms with van der Waals surface area (Å²) in [5.41, 5.74) is -0.475. The van der Waals surface area contributed by atoms with Crippen molar-refractivity contribution in [3.8, 4) is 11.5 Å². The smallest absolute Gasteiger partial charge is 0.341 e. The topological polar surface area (TPSA) is 83.3 Å². The van der Waals surface area contributed by atoms with Gasteiger partial charge >= 0.3 is 5.97 Å². The molecule has 0 bridgehead atoms. The Morgan fingerprint density at radius 1 is 1.33 bits per heavy atom. The van der Waals surface area contributed by atoms with Crippen molar-refractivity contribution < 1.29 is 14.3 Å². The van der Waals surface area contributed by atoms with Gasteiger partial charge in [0.05, 0.1) is 12.0 Å². The third kappa shape index (κ3) is 1.67. The van der Waals surface area contributed by atoms with Gasteiger partial charge in [-0.2, -0.15) is 0 Å². The van der Waals surface area contributed by atoms with Crippen LogP contribution in [0.4, 0.5) is 0 Å². The normalized spacial score (nSPS) is 10.1. The molecular formula is C10H7NO4. The molecule has 0 aromatic carbocycles. The maximum Gasteiger partial charge on any atom is 0.341 e. The number of carbonyl (C=O) groups is 1. The quantitative estimate of drug-likeness (QED) is 0.774. The second-order valence-electron chi connectivity index (χ2n) is 2.90. The van der Waals surface area contributed by atoms with Crippen LogP contribution in [-0.2, 0) is 0 Å². The SMILES string of the molecule is O=C(O)c1ccc(-c2ccco2)[nH]c1=O. The summed E-state index contributed by atoms with van der Waals surface area (Å²) in [6, 6.07) is 6.09. The molecule has 15 heavy (non-hydrogen) atoms. The number of carboxylic acids is 1. The molecule has 2 N–H and O–H groups in total. The summed E-state index contributed by atoms with van der Waals surface area (Å²) in [5, 5.41) is 8.64. The van der Waals surface area contributed by atoms with Gasteiger partial charge < -0.3 is 14.5 Å². The minimum absolute atomic E-state index is 0.287. The summed E-state index contributed by atoms with van der Waals surface area (Å²) in [7, 11) is 0. The van der Waals surface area contributed by atoms with E-state index < -0.39 is 11.5 Å². The zero-order valence-electron chi connectivity index (χ0n) is 7.56. The second-order valence-corrected chi connectivity index (χ2v) is 2.90. The van der Waals surface area contributed by atoms with Crippen molar-refractivity contribution in [2.75, 3.05) is 0 Å². The minimum atomic E-state index is -1.25. The molecule has 0 unspecified atom stereocenters. The molecule has 0 aliphatic carbocycles. The Morgan fingerprint density at radius 2 is 2.13 bits per heavy atom. The summed E-state index contributed by atoms with van der Waals surface area (Å²) in [6.07, 6.45) is 1.47. The fourth-order valence-electron chi connectivity index (χ4n) is 1.22. The fourth-order valence-corrected chi connectivity index (χ4v) is 1.22. The molecular weight excluding hydrogens is 198 g/mol. The van der Waals surface area contributed by atoms with Crippen molar-refractivity contribution in [3.63, 3.8) is 0 Å². The van der Waals surface area contributed by atoms with Crippen LogP contribution in [0.25, 0.3) is 11.5 Å². The maximum atomic E-state index is 11.3. The molecule has 5 heteroatoms. The maximum absolute atomic E-state index is 11.3. The van der Waals surface area contributed by atoms with E-state index in [9.17, 15) is 9.59 Å². The number of hydrogen-bond acceptors (Lipinski definition) is 3. The lowest BCUT2D eigenvalue weighted by atomic mass is 10.2. The van der Waals surface area contributed by atoms with E-state index in [4.69, 9.17) is 9.52 Å². The molecule has 0 aliphatic rings. The number of H-pyrrole nitrogens is 1. The van der Waals surface area contributed by atoms with Gasteiger partial charge in [0.15, 0.2) is 0 Å². The Morgan fingerprint density at radius 3 is 2.67 bits per heavy atom. The van der Waals surface area contributed by atoms with Crippen molar-refractivity contribution in [2.45, 2.75) is 0 Å². The number of furan rings is 1. The molecule has 0 saturated heterocycles. The van der Waals surface area contributed by atoms with E-state index in [0.29, 0.717) is 11.5 Å². The molecule has 76 valence electrons.